The van der Waals surface area contributed by atoms with Crippen LogP contribution in [0.5, 0.6) is 0 Å². The number of carboxylic acids is 1. The van der Waals surface area contributed by atoms with Gasteiger partial charge in [-0.05, 0) is 24.9 Å². The van der Waals surface area contributed by atoms with Gasteiger partial charge in [0.05, 0.1) is 0 Å². The molecule has 0 amide bonds. The van der Waals surface area contributed by atoms with Gasteiger partial charge in [0.15, 0.2) is 0 Å². The first-order valence-electron chi connectivity index (χ1n) is 5.24. The van der Waals surface area contributed by atoms with Crippen LogP contribution in [0.1, 0.15) is 18.9 Å². The van der Waals surface area contributed by atoms with E-state index in [1.54, 1.807) is 0 Å². The zero-order chi connectivity index (χ0) is 11.1. The van der Waals surface area contributed by atoms with Gasteiger partial charge in [-0.1, -0.05) is 37.3 Å². The molecule has 0 fully saturated rings. The van der Waals surface area contributed by atoms with Crippen LogP contribution in [-0.2, 0) is 11.2 Å². The molecule has 1 aromatic carbocycles. The lowest BCUT2D eigenvalue weighted by Crippen LogP contribution is -2.38. The van der Waals surface area contributed by atoms with Crippen molar-refractivity contribution in [2.45, 2.75) is 25.8 Å². The molecule has 0 aliphatic heterocycles. The molecule has 15 heavy (non-hydrogen) atoms. The van der Waals surface area contributed by atoms with Gasteiger partial charge < -0.3 is 10.4 Å². The molecule has 1 aromatic rings. The van der Waals surface area contributed by atoms with Crippen molar-refractivity contribution >= 4 is 5.97 Å². The largest absolute Gasteiger partial charge is 0.480 e. The monoisotopic (exact) mass is 207 g/mol. The van der Waals surface area contributed by atoms with Gasteiger partial charge in [-0.25, -0.2) is 0 Å². The molecular formula is C12H17NO2. The average Bonchev–Trinajstić information content (AvgIpc) is 2.25. The van der Waals surface area contributed by atoms with Crippen LogP contribution in [0.2, 0.25) is 0 Å². The third-order valence-corrected chi connectivity index (χ3v) is 2.22. The third kappa shape index (κ3) is 4.13. The highest BCUT2D eigenvalue weighted by atomic mass is 16.4. The first kappa shape index (κ1) is 11.7. The van der Waals surface area contributed by atoms with Gasteiger partial charge in [0.1, 0.15) is 6.04 Å². The minimum Gasteiger partial charge on any atom is -0.480 e. The lowest BCUT2D eigenvalue weighted by atomic mass is 10.1. The number of carbonyl (C=O) groups is 1. The first-order chi connectivity index (χ1) is 7.24. The van der Waals surface area contributed by atoms with Gasteiger partial charge in [0.25, 0.3) is 0 Å². The molecule has 1 atom stereocenters. The quantitative estimate of drug-likeness (QED) is 0.746. The predicted molar refractivity (Wildman–Crippen MR) is 59.9 cm³/mol. The Hall–Kier alpha value is -1.35. The molecule has 3 heteroatoms. The van der Waals surface area contributed by atoms with Gasteiger partial charge in [0, 0.05) is 0 Å². The number of aliphatic carboxylic acids is 1. The highest BCUT2D eigenvalue weighted by molar-refractivity contribution is 5.73. The Morgan fingerprint density at radius 3 is 2.60 bits per heavy atom. The van der Waals surface area contributed by atoms with Crippen LogP contribution < -0.4 is 5.32 Å². The maximum Gasteiger partial charge on any atom is 0.321 e. The molecule has 0 bridgehead atoms. The normalized spacial score (nSPS) is 12.3. The Balaban J connectivity index is 2.55. The van der Waals surface area contributed by atoms with Crippen molar-refractivity contribution in [2.24, 2.45) is 0 Å². The molecule has 1 rings (SSSR count). The number of benzene rings is 1. The number of rotatable bonds is 6. The summed E-state index contributed by atoms with van der Waals surface area (Å²) >= 11 is 0. The van der Waals surface area contributed by atoms with Gasteiger partial charge in [-0.2, -0.15) is 0 Å². The van der Waals surface area contributed by atoms with Crippen molar-refractivity contribution in [2.75, 3.05) is 6.54 Å². The summed E-state index contributed by atoms with van der Waals surface area (Å²) in [6, 6.07) is 9.20. The fourth-order valence-electron chi connectivity index (χ4n) is 1.42. The van der Waals surface area contributed by atoms with E-state index in [0.717, 1.165) is 18.5 Å². The summed E-state index contributed by atoms with van der Waals surface area (Å²) in [6.07, 6.45) is 1.48. The lowest BCUT2D eigenvalue weighted by molar-refractivity contribution is -0.139. The van der Waals surface area contributed by atoms with E-state index in [1.807, 2.05) is 37.3 Å². The van der Waals surface area contributed by atoms with Crippen LogP contribution >= 0.6 is 0 Å². The molecule has 0 aliphatic carbocycles. The SMILES string of the molecule is CCCN[C@@H](Cc1ccccc1)C(=O)O. The average molecular weight is 207 g/mol. The van der Waals surface area contributed by atoms with E-state index < -0.39 is 12.0 Å². The zero-order valence-electron chi connectivity index (χ0n) is 8.94. The van der Waals surface area contributed by atoms with E-state index in [9.17, 15) is 4.79 Å². The highest BCUT2D eigenvalue weighted by Crippen LogP contribution is 2.03. The first-order valence-corrected chi connectivity index (χ1v) is 5.24. The molecule has 0 unspecified atom stereocenters. The van der Waals surface area contributed by atoms with Gasteiger partial charge in [-0.15, -0.1) is 0 Å². The fraction of sp³-hybridized carbons (Fsp3) is 0.417. The summed E-state index contributed by atoms with van der Waals surface area (Å²) in [7, 11) is 0. The van der Waals surface area contributed by atoms with Gasteiger partial charge >= 0.3 is 5.97 Å². The summed E-state index contributed by atoms with van der Waals surface area (Å²) in [5.41, 5.74) is 1.05. The van der Waals surface area contributed by atoms with Crippen LogP contribution in [0.4, 0.5) is 0 Å². The smallest absolute Gasteiger partial charge is 0.321 e. The number of hydrogen-bond acceptors (Lipinski definition) is 2. The summed E-state index contributed by atoms with van der Waals surface area (Å²) in [6.45, 7) is 2.76. The standard InChI is InChI=1S/C12H17NO2/c1-2-8-13-11(12(14)15)9-10-6-4-3-5-7-10/h3-7,11,13H,2,8-9H2,1H3,(H,14,15)/t11-/m0/s1. The van der Waals surface area contributed by atoms with Crippen LogP contribution in [0.25, 0.3) is 0 Å². The van der Waals surface area contributed by atoms with E-state index >= 15 is 0 Å². The molecule has 0 aromatic heterocycles. The van der Waals surface area contributed by atoms with Crippen molar-refractivity contribution in [3.63, 3.8) is 0 Å². The summed E-state index contributed by atoms with van der Waals surface area (Å²) in [5, 5.41) is 12.0. The maximum atomic E-state index is 10.9. The minimum atomic E-state index is -0.785. The Kier molecular flexibility index (Phi) is 4.84. The van der Waals surface area contributed by atoms with E-state index in [1.165, 1.54) is 0 Å². The van der Waals surface area contributed by atoms with Crippen LogP contribution in [0.3, 0.4) is 0 Å². The second-order valence-corrected chi connectivity index (χ2v) is 3.53. The second-order valence-electron chi connectivity index (χ2n) is 3.53. The summed E-state index contributed by atoms with van der Waals surface area (Å²) in [5.74, 6) is -0.785. The van der Waals surface area contributed by atoms with Crippen molar-refractivity contribution in [1.82, 2.24) is 5.32 Å². The third-order valence-electron chi connectivity index (χ3n) is 2.22. The van der Waals surface area contributed by atoms with E-state index in [4.69, 9.17) is 5.11 Å². The second kappa shape index (κ2) is 6.19. The van der Waals surface area contributed by atoms with E-state index in [0.29, 0.717) is 6.42 Å². The summed E-state index contributed by atoms with van der Waals surface area (Å²) in [4.78, 5) is 10.9. The van der Waals surface area contributed by atoms with E-state index in [-0.39, 0.29) is 0 Å². The molecule has 82 valence electrons. The predicted octanol–water partition coefficient (Wildman–Crippen LogP) is 1.68. The zero-order valence-corrected chi connectivity index (χ0v) is 8.94. The molecule has 0 saturated heterocycles. The number of hydrogen-bond donors (Lipinski definition) is 2. The van der Waals surface area contributed by atoms with Gasteiger partial charge in [-0.3, -0.25) is 4.79 Å². The molecular weight excluding hydrogens is 190 g/mol. The molecule has 0 heterocycles. The van der Waals surface area contributed by atoms with Crippen molar-refractivity contribution in [1.29, 1.82) is 0 Å². The van der Waals surface area contributed by atoms with Crippen molar-refractivity contribution in [3.05, 3.63) is 35.9 Å². The van der Waals surface area contributed by atoms with Crippen molar-refractivity contribution < 1.29 is 9.90 Å². The Labute approximate surface area is 90.1 Å². The molecule has 0 radical (unpaired) electrons. The van der Waals surface area contributed by atoms with Crippen molar-refractivity contribution in [3.8, 4) is 0 Å². The lowest BCUT2D eigenvalue weighted by Gasteiger charge is -2.13. The highest BCUT2D eigenvalue weighted by Gasteiger charge is 2.16. The number of carboxylic acid groups (broad SMARTS) is 1. The summed E-state index contributed by atoms with van der Waals surface area (Å²) < 4.78 is 0. The number of nitrogens with one attached hydrogen (secondary N) is 1. The molecule has 0 aliphatic rings. The Morgan fingerprint density at radius 2 is 2.07 bits per heavy atom. The van der Waals surface area contributed by atoms with Gasteiger partial charge in [0.2, 0.25) is 0 Å². The molecule has 0 saturated carbocycles. The van der Waals surface area contributed by atoms with Crippen LogP contribution in [-0.4, -0.2) is 23.7 Å². The maximum absolute atomic E-state index is 10.9. The Morgan fingerprint density at radius 1 is 1.40 bits per heavy atom. The van der Waals surface area contributed by atoms with E-state index in [2.05, 4.69) is 5.32 Å². The fourth-order valence-corrected chi connectivity index (χ4v) is 1.42. The molecule has 2 N–H and O–H groups in total. The van der Waals surface area contributed by atoms with Crippen LogP contribution in [0, 0.1) is 0 Å². The topological polar surface area (TPSA) is 49.3 Å². The molecule has 3 nitrogen and oxygen atoms in total. The molecule has 0 spiro atoms. The Bertz CT molecular complexity index is 298. The minimum absolute atomic E-state index is 0.479. The van der Waals surface area contributed by atoms with Crippen LogP contribution in [0.15, 0.2) is 30.3 Å².